The van der Waals surface area contributed by atoms with Crippen LogP contribution in [0.4, 0.5) is 5.82 Å². The number of anilines is 1. The third-order valence-electron chi connectivity index (χ3n) is 7.04. The van der Waals surface area contributed by atoms with Crippen molar-refractivity contribution in [3.63, 3.8) is 0 Å². The number of benzene rings is 1. The zero-order valence-electron chi connectivity index (χ0n) is 20.0. The highest BCUT2D eigenvalue weighted by atomic mass is 16.6. The normalized spacial score (nSPS) is 28.9. The molecule has 2 aliphatic rings. The van der Waals surface area contributed by atoms with Crippen molar-refractivity contribution < 1.29 is 24.8 Å². The van der Waals surface area contributed by atoms with Crippen molar-refractivity contribution in [2.45, 2.75) is 82.3 Å². The molecule has 6 atom stereocenters. The number of rotatable bonds is 8. The fourth-order valence-corrected chi connectivity index (χ4v) is 4.92. The van der Waals surface area contributed by atoms with E-state index in [-0.39, 0.29) is 12.1 Å². The Hall–Kier alpha value is -2.63. The van der Waals surface area contributed by atoms with E-state index in [1.54, 1.807) is 4.57 Å². The van der Waals surface area contributed by atoms with Gasteiger partial charge in [0, 0.05) is 0 Å². The van der Waals surface area contributed by atoms with Crippen LogP contribution < -0.4 is 5.32 Å². The summed E-state index contributed by atoms with van der Waals surface area (Å²) < 4.78 is 13.5. The zero-order chi connectivity index (χ0) is 24.5. The van der Waals surface area contributed by atoms with Crippen LogP contribution in [0.2, 0.25) is 0 Å². The largest absolute Gasteiger partial charge is 0.394 e. The number of nitrogens with one attached hydrogen (secondary N) is 1. The number of aromatic nitrogens is 4. The van der Waals surface area contributed by atoms with E-state index in [0.717, 1.165) is 24.8 Å². The molecule has 0 radical (unpaired) electrons. The molecular formula is C25H33N5O5. The minimum atomic E-state index is -1.21. The molecule has 0 amide bonds. The number of ether oxygens (including phenoxy) is 2. The van der Waals surface area contributed by atoms with Crippen molar-refractivity contribution in [2.24, 2.45) is 0 Å². The third-order valence-corrected chi connectivity index (χ3v) is 7.04. The van der Waals surface area contributed by atoms with E-state index < -0.39 is 31.1 Å². The van der Waals surface area contributed by atoms with Crippen molar-refractivity contribution in [3.05, 3.63) is 48.0 Å². The van der Waals surface area contributed by atoms with E-state index in [1.165, 1.54) is 18.2 Å². The maximum absolute atomic E-state index is 10.4. The van der Waals surface area contributed by atoms with Gasteiger partial charge in [-0.3, -0.25) is 4.57 Å². The first kappa shape index (κ1) is 24.1. The summed E-state index contributed by atoms with van der Waals surface area (Å²) in [4.78, 5) is 13.2. The summed E-state index contributed by atoms with van der Waals surface area (Å²) in [5.74, 6) is 1.09. The van der Waals surface area contributed by atoms with E-state index in [1.807, 2.05) is 0 Å². The number of aliphatic hydroxyl groups excluding tert-OH is 3. The Balaban J connectivity index is 1.28. The second kappa shape index (κ2) is 10.2. The van der Waals surface area contributed by atoms with Crippen LogP contribution in [0.15, 0.2) is 36.9 Å². The molecule has 10 nitrogen and oxygen atoms in total. The number of fused-ring (bicyclic) bond motifs is 1. The highest BCUT2D eigenvalue weighted by Crippen LogP contribution is 2.33. The van der Waals surface area contributed by atoms with Gasteiger partial charge in [0.15, 0.2) is 23.2 Å². The topological polar surface area (TPSA) is 135 Å². The molecule has 0 spiro atoms. The first-order valence-corrected chi connectivity index (χ1v) is 12.2. The lowest BCUT2D eigenvalue weighted by Gasteiger charge is -2.22. The number of hydrogen-bond donors (Lipinski definition) is 4. The summed E-state index contributed by atoms with van der Waals surface area (Å²) in [6.07, 6.45) is 1.79. The molecule has 1 saturated heterocycles. The summed E-state index contributed by atoms with van der Waals surface area (Å²) in [5, 5.41) is 33.4. The van der Waals surface area contributed by atoms with Crippen molar-refractivity contribution in [3.8, 4) is 0 Å². The molecule has 0 bridgehead atoms. The molecule has 188 valence electrons. The van der Waals surface area contributed by atoms with Gasteiger partial charge < -0.3 is 30.1 Å². The highest BCUT2D eigenvalue weighted by Gasteiger charge is 2.44. The lowest BCUT2D eigenvalue weighted by molar-refractivity contribution is -0.0511. The standard InChI is InChI=1S/C25H33N5O5/c1-14(2)16-8-6-15(7-9-16)11-34-18-5-3-4-17(18)29-23-20-24(27-12-26-23)30(13-28-20)25-22(33)21(32)19(10-31)35-25/h6-9,12-14,17-19,21-22,25,31-33H,3-5,10-11H2,1-2H3,(H,26,27,29)/t17-,18-,19+,21+,22+,25+/m0/s1. The second-order valence-electron chi connectivity index (χ2n) is 9.70. The van der Waals surface area contributed by atoms with Crippen molar-refractivity contribution in [2.75, 3.05) is 11.9 Å². The van der Waals surface area contributed by atoms with E-state index in [0.29, 0.717) is 29.5 Å². The second-order valence-corrected chi connectivity index (χ2v) is 9.70. The Bertz CT molecular complexity index is 1140. The molecule has 2 fully saturated rings. The summed E-state index contributed by atoms with van der Waals surface area (Å²) in [6.45, 7) is 4.53. The molecule has 35 heavy (non-hydrogen) atoms. The van der Waals surface area contributed by atoms with Gasteiger partial charge in [-0.2, -0.15) is 0 Å². The van der Waals surface area contributed by atoms with Gasteiger partial charge in [-0.05, 0) is 36.3 Å². The molecule has 1 saturated carbocycles. The Labute approximate surface area is 204 Å². The Kier molecular flexibility index (Phi) is 6.99. The van der Waals surface area contributed by atoms with Gasteiger partial charge in [-0.25, -0.2) is 15.0 Å². The summed E-state index contributed by atoms with van der Waals surface area (Å²) in [5.41, 5.74) is 3.48. The van der Waals surface area contributed by atoms with E-state index >= 15 is 0 Å². The van der Waals surface area contributed by atoms with Gasteiger partial charge >= 0.3 is 0 Å². The average molecular weight is 484 g/mol. The van der Waals surface area contributed by atoms with Gasteiger partial charge in [0.1, 0.15) is 24.6 Å². The first-order valence-electron chi connectivity index (χ1n) is 12.2. The smallest absolute Gasteiger partial charge is 0.167 e. The van der Waals surface area contributed by atoms with Crippen LogP contribution in [0.1, 0.15) is 56.4 Å². The van der Waals surface area contributed by atoms with Crippen molar-refractivity contribution in [1.82, 2.24) is 19.5 Å². The van der Waals surface area contributed by atoms with Crippen LogP contribution >= 0.6 is 0 Å². The van der Waals surface area contributed by atoms with E-state index in [4.69, 9.17) is 9.47 Å². The Morgan fingerprint density at radius 2 is 1.91 bits per heavy atom. The molecule has 5 rings (SSSR count). The van der Waals surface area contributed by atoms with Gasteiger partial charge in [-0.15, -0.1) is 0 Å². The monoisotopic (exact) mass is 483 g/mol. The van der Waals surface area contributed by atoms with Gasteiger partial charge in [0.25, 0.3) is 0 Å². The average Bonchev–Trinajstić information content (AvgIpc) is 3.57. The maximum atomic E-state index is 10.4. The minimum absolute atomic E-state index is 0.0484. The fraction of sp³-hybridized carbons (Fsp3) is 0.560. The fourth-order valence-electron chi connectivity index (χ4n) is 4.92. The molecule has 3 aromatic rings. The van der Waals surface area contributed by atoms with Crippen LogP contribution in [0.3, 0.4) is 0 Å². The van der Waals surface area contributed by atoms with Gasteiger partial charge in [-0.1, -0.05) is 38.1 Å². The molecule has 4 N–H and O–H groups in total. The summed E-state index contributed by atoms with van der Waals surface area (Å²) >= 11 is 0. The molecule has 0 unspecified atom stereocenters. The van der Waals surface area contributed by atoms with Gasteiger partial charge in [0.2, 0.25) is 0 Å². The molecule has 3 heterocycles. The Morgan fingerprint density at radius 3 is 2.63 bits per heavy atom. The molecule has 2 aromatic heterocycles. The molecule has 1 aliphatic carbocycles. The molecular weight excluding hydrogens is 450 g/mol. The van der Waals surface area contributed by atoms with Crippen molar-refractivity contribution >= 4 is 17.0 Å². The maximum Gasteiger partial charge on any atom is 0.167 e. The van der Waals surface area contributed by atoms with E-state index in [9.17, 15) is 15.3 Å². The van der Waals surface area contributed by atoms with Crippen LogP contribution in [0, 0.1) is 0 Å². The number of aliphatic hydroxyl groups is 3. The number of hydrogen-bond acceptors (Lipinski definition) is 9. The van der Waals surface area contributed by atoms with Gasteiger partial charge in [0.05, 0.1) is 31.7 Å². The number of imidazole rings is 1. The first-order chi connectivity index (χ1) is 17.0. The predicted octanol–water partition coefficient (Wildman–Crippen LogP) is 2.11. The quantitative estimate of drug-likeness (QED) is 0.380. The number of nitrogens with zero attached hydrogens (tertiary/aromatic N) is 4. The summed E-state index contributed by atoms with van der Waals surface area (Å²) in [7, 11) is 0. The molecule has 10 heteroatoms. The Morgan fingerprint density at radius 1 is 1.11 bits per heavy atom. The van der Waals surface area contributed by atoms with E-state index in [2.05, 4.69) is 58.4 Å². The van der Waals surface area contributed by atoms with Crippen LogP contribution in [-0.2, 0) is 16.1 Å². The lowest BCUT2D eigenvalue weighted by atomic mass is 10.0. The van der Waals surface area contributed by atoms with Crippen molar-refractivity contribution in [1.29, 1.82) is 0 Å². The lowest BCUT2D eigenvalue weighted by Crippen LogP contribution is -2.33. The van der Waals surface area contributed by atoms with Crippen LogP contribution in [-0.4, -0.2) is 71.9 Å². The zero-order valence-corrected chi connectivity index (χ0v) is 20.0. The third kappa shape index (κ3) is 4.76. The highest BCUT2D eigenvalue weighted by molar-refractivity contribution is 5.82. The minimum Gasteiger partial charge on any atom is -0.394 e. The summed E-state index contributed by atoms with van der Waals surface area (Å²) in [6, 6.07) is 8.67. The molecule has 1 aromatic carbocycles. The SMILES string of the molecule is CC(C)c1ccc(CO[C@H]2CCC[C@@H]2Nc2ncnc3c2ncn3[C@@H]2O[C@H](CO)[C@@H](O)[C@H]2O)cc1. The van der Waals surface area contributed by atoms with Crippen LogP contribution in [0.5, 0.6) is 0 Å². The molecule has 1 aliphatic heterocycles. The predicted molar refractivity (Wildman–Crippen MR) is 129 cm³/mol. The van der Waals surface area contributed by atoms with Crippen LogP contribution in [0.25, 0.3) is 11.2 Å².